The Morgan fingerprint density at radius 1 is 1.50 bits per heavy atom. The Morgan fingerprint density at radius 3 is 2.79 bits per heavy atom. The predicted octanol–water partition coefficient (Wildman–Crippen LogP) is 2.81. The zero-order valence-corrected chi connectivity index (χ0v) is 11.4. The molecule has 0 saturated carbocycles. The number of hydrogen-bond donors (Lipinski definition) is 1. The smallest absolute Gasteiger partial charge is 0.219 e. The summed E-state index contributed by atoms with van der Waals surface area (Å²) in [7, 11) is 0. The van der Waals surface area contributed by atoms with Crippen molar-refractivity contribution in [1.29, 1.82) is 0 Å². The molecule has 0 radical (unpaired) electrons. The molecule has 0 aliphatic carbocycles. The summed E-state index contributed by atoms with van der Waals surface area (Å²) in [5.41, 5.74) is 0. The number of amides is 1. The number of unbranched alkanes of at least 4 members (excludes halogenated alkanes) is 1. The highest BCUT2D eigenvalue weighted by Gasteiger charge is 2.02. The van der Waals surface area contributed by atoms with Gasteiger partial charge in [0.1, 0.15) is 0 Å². The van der Waals surface area contributed by atoms with E-state index in [2.05, 4.69) is 34.4 Å². The highest BCUT2D eigenvalue weighted by Crippen LogP contribution is 2.08. The van der Waals surface area contributed by atoms with Crippen molar-refractivity contribution in [1.82, 2.24) is 5.32 Å². The van der Waals surface area contributed by atoms with Crippen molar-refractivity contribution >= 4 is 33.6 Å². The van der Waals surface area contributed by atoms with Gasteiger partial charge in [-0.2, -0.15) is 11.8 Å². The summed E-state index contributed by atoms with van der Waals surface area (Å²) in [6, 6.07) is 0. The van der Waals surface area contributed by atoms with Gasteiger partial charge in [0.25, 0.3) is 0 Å². The number of alkyl halides is 1. The lowest BCUT2D eigenvalue weighted by atomic mass is 10.2. The van der Waals surface area contributed by atoms with Crippen molar-refractivity contribution < 1.29 is 4.79 Å². The molecule has 4 heteroatoms. The number of hydrogen-bond acceptors (Lipinski definition) is 2. The molecule has 14 heavy (non-hydrogen) atoms. The van der Waals surface area contributed by atoms with Gasteiger partial charge in [-0.25, -0.2) is 0 Å². The third-order valence-electron chi connectivity index (χ3n) is 2.06. The fourth-order valence-electron chi connectivity index (χ4n) is 1.00. The molecule has 0 saturated heterocycles. The molecule has 0 aromatic heterocycles. The van der Waals surface area contributed by atoms with Gasteiger partial charge in [-0.3, -0.25) is 4.79 Å². The van der Waals surface area contributed by atoms with E-state index in [9.17, 15) is 4.79 Å². The second kappa shape index (κ2) is 9.84. The SMILES string of the molecule is CSC(C)CCNC(=O)CCCCBr. The van der Waals surface area contributed by atoms with Crippen LogP contribution < -0.4 is 5.32 Å². The Bertz CT molecular complexity index is 155. The first-order valence-electron chi connectivity index (χ1n) is 5.06. The zero-order chi connectivity index (χ0) is 10.8. The van der Waals surface area contributed by atoms with E-state index in [1.807, 2.05) is 11.8 Å². The molecule has 1 amide bonds. The standard InChI is InChI=1S/C10H20BrNOS/c1-9(14-2)6-8-12-10(13)5-3-4-7-11/h9H,3-8H2,1-2H3,(H,12,13). The normalized spacial score (nSPS) is 12.5. The van der Waals surface area contributed by atoms with Gasteiger partial charge in [-0.1, -0.05) is 22.9 Å². The number of thioether (sulfide) groups is 1. The fraction of sp³-hybridized carbons (Fsp3) is 0.900. The van der Waals surface area contributed by atoms with Crippen LogP contribution in [0.2, 0.25) is 0 Å². The Balaban J connectivity index is 3.26. The topological polar surface area (TPSA) is 29.1 Å². The molecule has 2 nitrogen and oxygen atoms in total. The molecule has 1 unspecified atom stereocenters. The molecule has 0 fully saturated rings. The minimum absolute atomic E-state index is 0.194. The molecule has 0 bridgehead atoms. The van der Waals surface area contributed by atoms with Gasteiger partial charge in [0.2, 0.25) is 5.91 Å². The monoisotopic (exact) mass is 281 g/mol. The molecule has 0 aliphatic rings. The van der Waals surface area contributed by atoms with Gasteiger partial charge in [-0.05, 0) is 25.5 Å². The van der Waals surface area contributed by atoms with Gasteiger partial charge >= 0.3 is 0 Å². The number of carbonyl (C=O) groups is 1. The largest absolute Gasteiger partial charge is 0.356 e. The van der Waals surface area contributed by atoms with Crippen LogP contribution in [0.4, 0.5) is 0 Å². The number of nitrogens with one attached hydrogen (secondary N) is 1. The van der Waals surface area contributed by atoms with Crippen LogP contribution in [0.25, 0.3) is 0 Å². The lowest BCUT2D eigenvalue weighted by Gasteiger charge is -2.08. The molecular weight excluding hydrogens is 262 g/mol. The molecule has 0 aromatic rings. The van der Waals surface area contributed by atoms with Crippen LogP contribution in [0.15, 0.2) is 0 Å². The third kappa shape index (κ3) is 8.88. The molecular formula is C10H20BrNOS. The van der Waals surface area contributed by atoms with Gasteiger partial charge in [0, 0.05) is 23.5 Å². The minimum atomic E-state index is 0.194. The van der Waals surface area contributed by atoms with Crippen LogP contribution in [0.5, 0.6) is 0 Å². The number of carbonyl (C=O) groups excluding carboxylic acids is 1. The van der Waals surface area contributed by atoms with Crippen LogP contribution in [0, 0.1) is 0 Å². The summed E-state index contributed by atoms with van der Waals surface area (Å²) in [5, 5.41) is 4.57. The Labute approximate surface area is 99.7 Å². The van der Waals surface area contributed by atoms with Crippen LogP contribution in [-0.4, -0.2) is 29.3 Å². The van der Waals surface area contributed by atoms with Crippen molar-refractivity contribution in [2.45, 2.75) is 37.9 Å². The number of rotatable bonds is 8. The van der Waals surface area contributed by atoms with Gasteiger partial charge < -0.3 is 5.32 Å². The van der Waals surface area contributed by atoms with E-state index in [1.165, 1.54) is 0 Å². The predicted molar refractivity (Wildman–Crippen MR) is 68.2 cm³/mol. The highest BCUT2D eigenvalue weighted by atomic mass is 79.9. The average molecular weight is 282 g/mol. The first-order chi connectivity index (χ1) is 6.70. The first-order valence-corrected chi connectivity index (χ1v) is 7.47. The van der Waals surface area contributed by atoms with Crippen LogP contribution in [0.3, 0.4) is 0 Å². The number of halogens is 1. The van der Waals surface area contributed by atoms with Gasteiger partial charge in [0.15, 0.2) is 0 Å². The molecule has 84 valence electrons. The molecule has 0 heterocycles. The van der Waals surface area contributed by atoms with Crippen LogP contribution in [0.1, 0.15) is 32.6 Å². The highest BCUT2D eigenvalue weighted by molar-refractivity contribution is 9.09. The quantitative estimate of drug-likeness (QED) is 0.548. The molecule has 0 aromatic carbocycles. The van der Waals surface area contributed by atoms with Crippen molar-refractivity contribution in [3.8, 4) is 0 Å². The first kappa shape index (κ1) is 14.3. The Kier molecular flexibility index (Phi) is 10.1. The van der Waals surface area contributed by atoms with E-state index < -0.39 is 0 Å². The second-order valence-electron chi connectivity index (χ2n) is 3.33. The fourth-order valence-corrected chi connectivity index (χ4v) is 1.75. The van der Waals surface area contributed by atoms with Crippen molar-refractivity contribution in [3.63, 3.8) is 0 Å². The summed E-state index contributed by atoms with van der Waals surface area (Å²) in [4.78, 5) is 11.3. The molecule has 1 N–H and O–H groups in total. The van der Waals surface area contributed by atoms with Crippen LogP contribution in [-0.2, 0) is 4.79 Å². The van der Waals surface area contributed by atoms with E-state index in [1.54, 1.807) is 0 Å². The summed E-state index contributed by atoms with van der Waals surface area (Å²) >= 11 is 5.19. The van der Waals surface area contributed by atoms with E-state index in [0.29, 0.717) is 11.7 Å². The maximum Gasteiger partial charge on any atom is 0.219 e. The van der Waals surface area contributed by atoms with E-state index in [0.717, 1.165) is 31.1 Å². The Hall–Kier alpha value is 0.300. The summed E-state index contributed by atoms with van der Waals surface area (Å²) in [6.45, 7) is 3.00. The van der Waals surface area contributed by atoms with Crippen molar-refractivity contribution in [2.24, 2.45) is 0 Å². The molecule has 0 rings (SSSR count). The zero-order valence-electron chi connectivity index (χ0n) is 9.01. The van der Waals surface area contributed by atoms with E-state index >= 15 is 0 Å². The maximum atomic E-state index is 11.3. The minimum Gasteiger partial charge on any atom is -0.356 e. The van der Waals surface area contributed by atoms with E-state index in [-0.39, 0.29) is 5.91 Å². The lowest BCUT2D eigenvalue weighted by Crippen LogP contribution is -2.25. The van der Waals surface area contributed by atoms with Gasteiger partial charge in [-0.15, -0.1) is 0 Å². The summed E-state index contributed by atoms with van der Waals surface area (Å²) < 4.78 is 0. The second-order valence-corrected chi connectivity index (χ2v) is 5.40. The molecule has 0 aliphatic heterocycles. The van der Waals surface area contributed by atoms with E-state index in [4.69, 9.17) is 0 Å². The maximum absolute atomic E-state index is 11.3. The molecule has 1 atom stereocenters. The molecule has 0 spiro atoms. The summed E-state index contributed by atoms with van der Waals surface area (Å²) in [6.07, 6.45) is 5.89. The Morgan fingerprint density at radius 2 is 2.21 bits per heavy atom. The third-order valence-corrected chi connectivity index (χ3v) is 3.66. The van der Waals surface area contributed by atoms with Crippen LogP contribution >= 0.6 is 27.7 Å². The average Bonchev–Trinajstić information content (AvgIpc) is 2.18. The van der Waals surface area contributed by atoms with Crippen molar-refractivity contribution in [2.75, 3.05) is 18.1 Å². The van der Waals surface area contributed by atoms with Crippen molar-refractivity contribution in [3.05, 3.63) is 0 Å². The van der Waals surface area contributed by atoms with Gasteiger partial charge in [0.05, 0.1) is 0 Å². The summed E-state index contributed by atoms with van der Waals surface area (Å²) in [5.74, 6) is 0.194. The lowest BCUT2D eigenvalue weighted by molar-refractivity contribution is -0.121.